The lowest BCUT2D eigenvalue weighted by Crippen LogP contribution is -2.22. The number of hydrogen-bond donors (Lipinski definition) is 1. The number of carbonyl (C=O) groups excluding carboxylic acids is 1. The number of ether oxygens (including phenoxy) is 2. The molecule has 0 aliphatic rings. The first kappa shape index (κ1) is 22.4. The minimum absolute atomic E-state index is 0.0474. The van der Waals surface area contributed by atoms with Crippen LogP contribution >= 0.6 is 0 Å². The zero-order chi connectivity index (χ0) is 22.2. The average Bonchev–Trinajstić information content (AvgIpc) is 2.77. The number of rotatable bonds is 9. The molecule has 0 unspecified atom stereocenters. The maximum absolute atomic E-state index is 12.6. The van der Waals surface area contributed by atoms with Gasteiger partial charge in [0, 0.05) is 5.69 Å². The van der Waals surface area contributed by atoms with Crippen molar-refractivity contribution in [3.8, 4) is 11.5 Å². The van der Waals surface area contributed by atoms with Crippen molar-refractivity contribution in [2.45, 2.75) is 46.1 Å². The second-order valence-corrected chi connectivity index (χ2v) is 8.20. The number of nitrogens with one attached hydrogen (secondary N) is 1. The second kappa shape index (κ2) is 10.7. The van der Waals surface area contributed by atoms with Gasteiger partial charge in [-0.15, -0.1) is 0 Å². The highest BCUT2D eigenvalue weighted by molar-refractivity contribution is 5.93. The molecule has 3 aromatic carbocycles. The summed E-state index contributed by atoms with van der Waals surface area (Å²) in [6.45, 7) is 8.99. The van der Waals surface area contributed by atoms with Gasteiger partial charge in [0.25, 0.3) is 5.91 Å². The van der Waals surface area contributed by atoms with Gasteiger partial charge in [0.15, 0.2) is 6.61 Å². The van der Waals surface area contributed by atoms with Crippen LogP contribution in [-0.2, 0) is 11.4 Å². The summed E-state index contributed by atoms with van der Waals surface area (Å²) in [6.07, 6.45) is 0. The molecule has 1 amide bonds. The number of carbonyl (C=O) groups is 1. The Kier molecular flexibility index (Phi) is 7.71. The van der Waals surface area contributed by atoms with Crippen LogP contribution in [0.1, 0.15) is 56.2 Å². The fraction of sp³-hybridized carbons (Fsp3) is 0.296. The van der Waals surface area contributed by atoms with E-state index in [1.54, 1.807) is 0 Å². The summed E-state index contributed by atoms with van der Waals surface area (Å²) >= 11 is 0. The van der Waals surface area contributed by atoms with E-state index in [4.69, 9.17) is 9.47 Å². The van der Waals surface area contributed by atoms with Gasteiger partial charge in [0.05, 0.1) is 0 Å². The normalized spacial score (nSPS) is 10.9. The summed E-state index contributed by atoms with van der Waals surface area (Å²) in [5.74, 6) is 1.85. The zero-order valence-electron chi connectivity index (χ0n) is 18.7. The maximum atomic E-state index is 12.6. The molecule has 0 aliphatic heterocycles. The first-order valence-electron chi connectivity index (χ1n) is 10.8. The lowest BCUT2D eigenvalue weighted by molar-refractivity contribution is -0.118. The molecule has 0 aliphatic carbocycles. The Hall–Kier alpha value is -3.27. The number of hydrogen-bond acceptors (Lipinski definition) is 3. The van der Waals surface area contributed by atoms with E-state index < -0.39 is 0 Å². The maximum Gasteiger partial charge on any atom is 0.262 e. The molecular formula is C27H31NO3. The number of anilines is 1. The molecule has 0 saturated heterocycles. The van der Waals surface area contributed by atoms with Crippen LogP contribution in [0.15, 0.2) is 72.8 Å². The lowest BCUT2D eigenvalue weighted by atomic mass is 9.92. The quantitative estimate of drug-likeness (QED) is 0.430. The molecule has 0 fully saturated rings. The minimum atomic E-state index is -0.167. The molecule has 1 N–H and O–H groups in total. The van der Waals surface area contributed by atoms with Crippen LogP contribution in [0.3, 0.4) is 0 Å². The van der Waals surface area contributed by atoms with Crippen LogP contribution < -0.4 is 14.8 Å². The monoisotopic (exact) mass is 417 g/mol. The molecule has 3 aromatic rings. The summed E-state index contributed by atoms with van der Waals surface area (Å²) in [4.78, 5) is 12.6. The van der Waals surface area contributed by atoms with E-state index in [2.05, 4.69) is 51.2 Å². The van der Waals surface area contributed by atoms with Crippen molar-refractivity contribution < 1.29 is 14.3 Å². The van der Waals surface area contributed by atoms with Crippen LogP contribution in [0.4, 0.5) is 5.69 Å². The predicted octanol–water partition coefficient (Wildman–Crippen LogP) is 6.53. The fourth-order valence-corrected chi connectivity index (χ4v) is 3.39. The standard InChI is InChI=1S/C27H31NO3/c1-19(2)24-11-8-12-25(20(3)4)27(24)28-26(29)18-31-23-15-13-22(14-16-23)30-17-21-9-6-5-7-10-21/h5-16,19-20H,17-18H2,1-4H3,(H,28,29). The van der Waals surface area contributed by atoms with Gasteiger partial charge in [0.1, 0.15) is 18.1 Å². The topological polar surface area (TPSA) is 47.6 Å². The van der Waals surface area contributed by atoms with Gasteiger partial charge < -0.3 is 14.8 Å². The minimum Gasteiger partial charge on any atom is -0.489 e. The molecule has 162 valence electrons. The van der Waals surface area contributed by atoms with E-state index in [0.717, 1.165) is 28.1 Å². The number of benzene rings is 3. The van der Waals surface area contributed by atoms with E-state index >= 15 is 0 Å². The Bertz CT molecular complexity index is 953. The van der Waals surface area contributed by atoms with Crippen LogP contribution in [0.25, 0.3) is 0 Å². The molecule has 3 rings (SSSR count). The first-order chi connectivity index (χ1) is 14.9. The zero-order valence-corrected chi connectivity index (χ0v) is 18.7. The fourth-order valence-electron chi connectivity index (χ4n) is 3.39. The highest BCUT2D eigenvalue weighted by Gasteiger charge is 2.16. The van der Waals surface area contributed by atoms with Gasteiger partial charge in [-0.1, -0.05) is 76.2 Å². The summed E-state index contributed by atoms with van der Waals surface area (Å²) in [5, 5.41) is 3.07. The summed E-state index contributed by atoms with van der Waals surface area (Å²) in [6, 6.07) is 23.5. The molecule has 4 heteroatoms. The van der Waals surface area contributed by atoms with Crippen molar-refractivity contribution in [2.24, 2.45) is 0 Å². The Morgan fingerprint density at radius 1 is 0.742 bits per heavy atom. The van der Waals surface area contributed by atoms with E-state index in [1.807, 2.05) is 54.6 Å². The van der Waals surface area contributed by atoms with Gasteiger partial charge >= 0.3 is 0 Å². The van der Waals surface area contributed by atoms with E-state index in [0.29, 0.717) is 24.2 Å². The number of para-hydroxylation sites is 1. The summed E-state index contributed by atoms with van der Waals surface area (Å²) in [7, 11) is 0. The van der Waals surface area contributed by atoms with Gasteiger partial charge in [0.2, 0.25) is 0 Å². The molecule has 0 heterocycles. The Morgan fingerprint density at radius 2 is 1.29 bits per heavy atom. The van der Waals surface area contributed by atoms with E-state index in [9.17, 15) is 4.79 Å². The van der Waals surface area contributed by atoms with Crippen molar-refractivity contribution in [3.63, 3.8) is 0 Å². The molecule has 0 radical (unpaired) electrons. The number of amides is 1. The lowest BCUT2D eigenvalue weighted by Gasteiger charge is -2.20. The van der Waals surface area contributed by atoms with E-state index in [-0.39, 0.29) is 12.5 Å². The van der Waals surface area contributed by atoms with Gasteiger partial charge in [-0.05, 0) is 52.8 Å². The highest BCUT2D eigenvalue weighted by atomic mass is 16.5. The van der Waals surface area contributed by atoms with Crippen LogP contribution in [0, 0.1) is 0 Å². The second-order valence-electron chi connectivity index (χ2n) is 8.20. The van der Waals surface area contributed by atoms with E-state index in [1.165, 1.54) is 0 Å². The summed E-state index contributed by atoms with van der Waals surface area (Å²) in [5.41, 5.74) is 4.30. The van der Waals surface area contributed by atoms with Crippen molar-refractivity contribution in [2.75, 3.05) is 11.9 Å². The third-order valence-electron chi connectivity index (χ3n) is 5.08. The highest BCUT2D eigenvalue weighted by Crippen LogP contribution is 2.32. The smallest absolute Gasteiger partial charge is 0.262 e. The Balaban J connectivity index is 1.56. The third-order valence-corrected chi connectivity index (χ3v) is 5.08. The molecule has 0 aromatic heterocycles. The summed E-state index contributed by atoms with van der Waals surface area (Å²) < 4.78 is 11.5. The van der Waals surface area contributed by atoms with Crippen molar-refractivity contribution in [1.82, 2.24) is 0 Å². The van der Waals surface area contributed by atoms with Gasteiger partial charge in [-0.3, -0.25) is 4.79 Å². The molecule has 4 nitrogen and oxygen atoms in total. The van der Waals surface area contributed by atoms with Crippen LogP contribution in [0.5, 0.6) is 11.5 Å². The molecule has 0 bridgehead atoms. The molecule has 0 atom stereocenters. The van der Waals surface area contributed by atoms with Crippen molar-refractivity contribution in [3.05, 3.63) is 89.5 Å². The molecular weight excluding hydrogens is 386 g/mol. The van der Waals surface area contributed by atoms with Gasteiger partial charge in [-0.2, -0.15) is 0 Å². The average molecular weight is 418 g/mol. The van der Waals surface area contributed by atoms with Gasteiger partial charge in [-0.25, -0.2) is 0 Å². The largest absolute Gasteiger partial charge is 0.489 e. The Labute approximate surface area is 185 Å². The Morgan fingerprint density at radius 3 is 1.84 bits per heavy atom. The first-order valence-corrected chi connectivity index (χ1v) is 10.8. The predicted molar refractivity (Wildman–Crippen MR) is 126 cm³/mol. The molecule has 0 saturated carbocycles. The third kappa shape index (κ3) is 6.35. The van der Waals surface area contributed by atoms with Crippen LogP contribution in [0.2, 0.25) is 0 Å². The van der Waals surface area contributed by atoms with Crippen molar-refractivity contribution in [1.29, 1.82) is 0 Å². The van der Waals surface area contributed by atoms with Crippen LogP contribution in [-0.4, -0.2) is 12.5 Å². The molecule has 31 heavy (non-hydrogen) atoms. The SMILES string of the molecule is CC(C)c1cccc(C(C)C)c1NC(=O)COc1ccc(OCc2ccccc2)cc1. The van der Waals surface area contributed by atoms with Crippen molar-refractivity contribution >= 4 is 11.6 Å². The molecule has 0 spiro atoms.